The Morgan fingerprint density at radius 1 is 1.14 bits per heavy atom. The summed E-state index contributed by atoms with van der Waals surface area (Å²) in [5, 5.41) is 15.4. The number of nitrogens with zero attached hydrogens (tertiary/aromatic N) is 2. The van der Waals surface area contributed by atoms with Crippen LogP contribution in [-0.2, 0) is 6.61 Å². The molecule has 1 heterocycles. The van der Waals surface area contributed by atoms with Gasteiger partial charge in [0.25, 0.3) is 5.69 Å². The Labute approximate surface area is 220 Å². The van der Waals surface area contributed by atoms with Crippen molar-refractivity contribution in [3.05, 3.63) is 96.8 Å². The zero-order valence-electron chi connectivity index (χ0n) is 19.5. The highest BCUT2D eigenvalue weighted by Crippen LogP contribution is 2.34. The fraction of sp³-hybridized carbons (Fsp3) is 0.154. The smallest absolute Gasteiger partial charge is 0.307 e. The number of fused-ring (bicyclic) bond motifs is 1. The van der Waals surface area contributed by atoms with Crippen molar-refractivity contribution in [1.29, 1.82) is 0 Å². The van der Waals surface area contributed by atoms with Crippen LogP contribution < -0.4 is 14.9 Å². The van der Waals surface area contributed by atoms with Crippen LogP contribution in [0.4, 0.5) is 5.69 Å². The molecule has 0 unspecified atom stereocenters. The molecule has 0 aliphatic rings. The summed E-state index contributed by atoms with van der Waals surface area (Å²) in [6.45, 7) is 4.78. The molecule has 1 amide bonds. The quantitative estimate of drug-likeness (QED) is 0.109. The van der Waals surface area contributed by atoms with Crippen molar-refractivity contribution in [2.75, 3.05) is 6.61 Å². The lowest BCUT2D eigenvalue weighted by Gasteiger charge is -2.15. The third-order valence-electron chi connectivity index (χ3n) is 5.15. The van der Waals surface area contributed by atoms with Gasteiger partial charge in [0.15, 0.2) is 17.3 Å². The van der Waals surface area contributed by atoms with Crippen molar-refractivity contribution in [2.24, 2.45) is 5.10 Å². The predicted molar refractivity (Wildman–Crippen MR) is 144 cm³/mol. The Morgan fingerprint density at radius 2 is 1.92 bits per heavy atom. The summed E-state index contributed by atoms with van der Waals surface area (Å²) < 4.78 is 18.1. The Morgan fingerprint density at radius 3 is 2.64 bits per heavy atom. The second kappa shape index (κ2) is 11.2. The van der Waals surface area contributed by atoms with Crippen LogP contribution in [0.25, 0.3) is 11.0 Å². The van der Waals surface area contributed by atoms with Crippen LogP contribution in [0.1, 0.15) is 34.2 Å². The van der Waals surface area contributed by atoms with Gasteiger partial charge in [-0.25, -0.2) is 5.43 Å². The Balaban J connectivity index is 1.46. The second-order valence-corrected chi connectivity index (χ2v) is 8.99. The number of nitrogens with one attached hydrogen (secondary N) is 1. The van der Waals surface area contributed by atoms with Crippen LogP contribution in [0.5, 0.6) is 11.5 Å². The van der Waals surface area contributed by atoms with Crippen molar-refractivity contribution in [3.63, 3.8) is 0 Å². The SMILES string of the molecule is CCOc1cc(/C=N\NC(=O)c2cc3cc([N+](=O)[O-])ccc3o2)cc(I)c1OCc1ccc(C)cc1. The van der Waals surface area contributed by atoms with Crippen LogP contribution >= 0.6 is 22.6 Å². The molecular weight excluding hydrogens is 577 g/mol. The Bertz CT molecular complexity index is 1450. The van der Waals surface area contributed by atoms with Gasteiger partial charge in [0.1, 0.15) is 12.2 Å². The number of non-ortho nitro benzene ring substituents is 1. The largest absolute Gasteiger partial charge is 0.490 e. The number of carbonyl (C=O) groups excluding carboxylic acids is 1. The molecule has 4 rings (SSSR count). The number of hydrazone groups is 1. The molecule has 0 radical (unpaired) electrons. The molecule has 3 aromatic carbocycles. The molecule has 36 heavy (non-hydrogen) atoms. The molecule has 0 aliphatic carbocycles. The van der Waals surface area contributed by atoms with Gasteiger partial charge in [0.05, 0.1) is 21.3 Å². The van der Waals surface area contributed by atoms with Gasteiger partial charge in [0.2, 0.25) is 0 Å². The van der Waals surface area contributed by atoms with E-state index in [-0.39, 0.29) is 11.4 Å². The standard InChI is InChI=1S/C26H22IN3O6/c1-3-34-23-11-18(10-21(27)25(23)35-15-17-6-4-16(2)5-7-17)14-28-29-26(31)24-13-19-12-20(30(32)33)8-9-22(19)36-24/h4-14H,3,15H2,1-2H3,(H,29,31)/b28-14-. The van der Waals surface area contributed by atoms with E-state index in [9.17, 15) is 14.9 Å². The van der Waals surface area contributed by atoms with Crippen molar-refractivity contribution in [3.8, 4) is 11.5 Å². The maximum atomic E-state index is 12.5. The number of nitro groups is 1. The summed E-state index contributed by atoms with van der Waals surface area (Å²) in [6, 6.07) is 17.3. The van der Waals surface area contributed by atoms with E-state index >= 15 is 0 Å². The Kier molecular flexibility index (Phi) is 7.84. The summed E-state index contributed by atoms with van der Waals surface area (Å²) in [6.07, 6.45) is 1.49. The zero-order valence-corrected chi connectivity index (χ0v) is 21.6. The van der Waals surface area contributed by atoms with E-state index in [0.717, 1.165) is 9.13 Å². The number of carbonyl (C=O) groups is 1. The van der Waals surface area contributed by atoms with Crippen LogP contribution in [-0.4, -0.2) is 23.7 Å². The lowest BCUT2D eigenvalue weighted by atomic mass is 10.2. The summed E-state index contributed by atoms with van der Waals surface area (Å²) in [4.78, 5) is 22.9. The Hall–Kier alpha value is -3.93. The number of hydrogen-bond acceptors (Lipinski definition) is 7. The van der Waals surface area contributed by atoms with E-state index in [1.165, 1.54) is 36.0 Å². The first-order valence-electron chi connectivity index (χ1n) is 11.0. The van der Waals surface area contributed by atoms with Gasteiger partial charge in [-0.2, -0.15) is 5.10 Å². The van der Waals surface area contributed by atoms with Gasteiger partial charge in [-0.3, -0.25) is 14.9 Å². The fourth-order valence-corrected chi connectivity index (χ4v) is 4.16. The molecule has 4 aromatic rings. The summed E-state index contributed by atoms with van der Waals surface area (Å²) in [5.41, 5.74) is 5.63. The van der Waals surface area contributed by atoms with E-state index in [1.54, 1.807) is 6.07 Å². The number of nitro benzene ring substituents is 1. The number of hydrogen-bond donors (Lipinski definition) is 1. The molecule has 0 bridgehead atoms. The highest BCUT2D eigenvalue weighted by atomic mass is 127. The van der Waals surface area contributed by atoms with Gasteiger partial charge in [-0.05, 0) is 71.8 Å². The van der Waals surface area contributed by atoms with E-state index < -0.39 is 10.8 Å². The van der Waals surface area contributed by atoms with E-state index in [0.29, 0.717) is 41.2 Å². The van der Waals surface area contributed by atoms with Crippen LogP contribution in [0.3, 0.4) is 0 Å². The lowest BCUT2D eigenvalue weighted by Crippen LogP contribution is -2.16. The van der Waals surface area contributed by atoms with Crippen LogP contribution in [0.2, 0.25) is 0 Å². The highest BCUT2D eigenvalue weighted by Gasteiger charge is 2.15. The molecule has 1 N–H and O–H groups in total. The van der Waals surface area contributed by atoms with Gasteiger partial charge >= 0.3 is 5.91 Å². The molecule has 0 fully saturated rings. The number of aryl methyl sites for hydroxylation is 1. The molecule has 0 aliphatic heterocycles. The first-order chi connectivity index (χ1) is 17.3. The average molecular weight is 599 g/mol. The molecule has 1 aromatic heterocycles. The summed E-state index contributed by atoms with van der Waals surface area (Å²) in [5.74, 6) is 0.619. The molecule has 184 valence electrons. The van der Waals surface area contributed by atoms with E-state index in [4.69, 9.17) is 13.9 Å². The van der Waals surface area contributed by atoms with Gasteiger partial charge < -0.3 is 13.9 Å². The number of amides is 1. The number of furan rings is 1. The number of ether oxygens (including phenoxy) is 2. The maximum absolute atomic E-state index is 12.5. The molecular formula is C26H22IN3O6. The van der Waals surface area contributed by atoms with Crippen LogP contribution in [0, 0.1) is 20.6 Å². The minimum absolute atomic E-state index is 0.00733. The van der Waals surface area contributed by atoms with E-state index in [1.807, 2.05) is 44.2 Å². The summed E-state index contributed by atoms with van der Waals surface area (Å²) in [7, 11) is 0. The highest BCUT2D eigenvalue weighted by molar-refractivity contribution is 14.1. The second-order valence-electron chi connectivity index (χ2n) is 7.83. The minimum Gasteiger partial charge on any atom is -0.490 e. The topological polar surface area (TPSA) is 116 Å². The first-order valence-corrected chi connectivity index (χ1v) is 12.1. The molecule has 0 saturated heterocycles. The van der Waals surface area contributed by atoms with Crippen LogP contribution in [0.15, 0.2) is 70.2 Å². The van der Waals surface area contributed by atoms with E-state index in [2.05, 4.69) is 33.1 Å². The molecule has 0 spiro atoms. The molecule has 0 saturated carbocycles. The molecule has 9 nitrogen and oxygen atoms in total. The molecule has 10 heteroatoms. The maximum Gasteiger partial charge on any atom is 0.307 e. The average Bonchev–Trinajstić information content (AvgIpc) is 3.28. The fourth-order valence-electron chi connectivity index (χ4n) is 3.38. The van der Waals surface area contributed by atoms with Gasteiger partial charge in [-0.1, -0.05) is 29.8 Å². The first kappa shape index (κ1) is 25.2. The van der Waals surface area contributed by atoms with Crippen molar-refractivity contribution < 1.29 is 23.6 Å². The monoisotopic (exact) mass is 599 g/mol. The van der Waals surface area contributed by atoms with Crippen molar-refractivity contribution in [2.45, 2.75) is 20.5 Å². The zero-order chi connectivity index (χ0) is 25.7. The normalized spacial score (nSPS) is 11.1. The molecule has 0 atom stereocenters. The lowest BCUT2D eigenvalue weighted by molar-refractivity contribution is -0.384. The van der Waals surface area contributed by atoms with Crippen molar-refractivity contribution >= 4 is 51.4 Å². The summed E-state index contributed by atoms with van der Waals surface area (Å²) >= 11 is 2.17. The number of benzene rings is 3. The van der Waals surface area contributed by atoms with Gasteiger partial charge in [-0.15, -0.1) is 0 Å². The minimum atomic E-state index is -0.581. The van der Waals surface area contributed by atoms with Gasteiger partial charge in [0, 0.05) is 17.5 Å². The third kappa shape index (κ3) is 6.00. The third-order valence-corrected chi connectivity index (χ3v) is 5.95. The number of rotatable bonds is 9. The predicted octanol–water partition coefficient (Wildman–Crippen LogP) is 6.00. The number of halogens is 1. The van der Waals surface area contributed by atoms with Crippen molar-refractivity contribution in [1.82, 2.24) is 5.43 Å².